The van der Waals surface area contributed by atoms with Crippen molar-refractivity contribution < 1.29 is 15.0 Å². The second-order valence-electron chi connectivity index (χ2n) is 11.3. The van der Waals surface area contributed by atoms with Crippen LogP contribution in [0.4, 0.5) is 0 Å². The third kappa shape index (κ3) is 6.82. The molecule has 1 aliphatic carbocycles. The van der Waals surface area contributed by atoms with Crippen molar-refractivity contribution in [2.75, 3.05) is 45.8 Å². The van der Waals surface area contributed by atoms with Crippen LogP contribution in [0.1, 0.15) is 46.9 Å². The number of aromatic hydroxyl groups is 2. The average molecular weight is 559 g/mol. The summed E-state index contributed by atoms with van der Waals surface area (Å²) in [6.45, 7) is 8.31. The number of phenolic OH excluding ortho intramolecular Hbond substituents is 1. The molecule has 0 spiro atoms. The fourth-order valence-corrected chi connectivity index (χ4v) is 6.31. The molecule has 0 bridgehead atoms. The van der Waals surface area contributed by atoms with Gasteiger partial charge in [-0.3, -0.25) is 19.4 Å². The van der Waals surface area contributed by atoms with Gasteiger partial charge in [0.05, 0.1) is 0 Å². The van der Waals surface area contributed by atoms with Crippen molar-refractivity contribution in [2.45, 2.75) is 51.6 Å². The van der Waals surface area contributed by atoms with Gasteiger partial charge in [0.15, 0.2) is 11.4 Å². The molecule has 218 valence electrons. The molecular weight excluding hydrogens is 516 g/mol. The lowest BCUT2D eigenvalue weighted by Gasteiger charge is -2.39. The van der Waals surface area contributed by atoms with Crippen LogP contribution in [0.15, 0.2) is 65.6 Å². The predicted molar refractivity (Wildman–Crippen MR) is 161 cm³/mol. The summed E-state index contributed by atoms with van der Waals surface area (Å²) >= 11 is 0. The van der Waals surface area contributed by atoms with Crippen LogP contribution in [0, 0.1) is 0 Å². The van der Waals surface area contributed by atoms with Gasteiger partial charge in [-0.1, -0.05) is 49.4 Å². The second kappa shape index (κ2) is 13.4. The number of fused-ring (bicyclic) bond motifs is 1. The number of aromatic nitrogens is 1. The van der Waals surface area contributed by atoms with Crippen LogP contribution in [0.25, 0.3) is 0 Å². The first-order chi connectivity index (χ1) is 19.9. The van der Waals surface area contributed by atoms with Crippen LogP contribution in [-0.2, 0) is 25.8 Å². The minimum absolute atomic E-state index is 0.0830. The van der Waals surface area contributed by atoms with Crippen molar-refractivity contribution in [1.82, 2.24) is 19.3 Å². The van der Waals surface area contributed by atoms with E-state index in [4.69, 9.17) is 0 Å². The zero-order chi connectivity index (χ0) is 28.8. The number of benzene rings is 2. The summed E-state index contributed by atoms with van der Waals surface area (Å²) in [5.74, 6) is -0.331. The van der Waals surface area contributed by atoms with Gasteiger partial charge in [-0.15, -0.1) is 0 Å². The van der Waals surface area contributed by atoms with Crippen LogP contribution in [-0.4, -0.2) is 87.2 Å². The molecular formula is C33H42N4O4. The quantitative estimate of drug-likeness (QED) is 0.396. The van der Waals surface area contributed by atoms with E-state index in [1.165, 1.54) is 11.6 Å². The Morgan fingerprint density at radius 3 is 2.49 bits per heavy atom. The number of piperazine rings is 1. The number of pyridine rings is 1. The molecule has 1 atom stereocenters. The minimum atomic E-state index is -0.528. The van der Waals surface area contributed by atoms with Crippen LogP contribution < -0.4 is 5.43 Å². The van der Waals surface area contributed by atoms with Gasteiger partial charge in [0.25, 0.3) is 5.91 Å². The monoisotopic (exact) mass is 558 g/mol. The number of nitrogens with zero attached hydrogens (tertiary/aromatic N) is 4. The molecule has 5 rings (SSSR count). The Balaban J connectivity index is 1.17. The molecule has 0 radical (unpaired) electrons. The molecule has 2 heterocycles. The predicted octanol–water partition coefficient (Wildman–Crippen LogP) is 3.53. The lowest BCUT2D eigenvalue weighted by Crippen LogP contribution is -2.51. The van der Waals surface area contributed by atoms with Crippen LogP contribution in [0.3, 0.4) is 0 Å². The van der Waals surface area contributed by atoms with Crippen LogP contribution in [0.2, 0.25) is 0 Å². The van der Waals surface area contributed by atoms with Gasteiger partial charge in [0, 0.05) is 64.1 Å². The Hall–Kier alpha value is -3.62. The molecule has 2 N–H and O–H groups in total. The lowest BCUT2D eigenvalue weighted by atomic mass is 9.87. The number of hydrogen-bond acceptors (Lipinski definition) is 6. The van der Waals surface area contributed by atoms with Crippen LogP contribution >= 0.6 is 0 Å². The van der Waals surface area contributed by atoms with Crippen molar-refractivity contribution >= 4 is 5.91 Å². The number of aryl methyl sites for hydroxylation is 2. The van der Waals surface area contributed by atoms with Gasteiger partial charge < -0.3 is 19.7 Å². The molecule has 2 aliphatic rings. The minimum Gasteiger partial charge on any atom is -0.508 e. The Morgan fingerprint density at radius 2 is 1.73 bits per heavy atom. The average Bonchev–Trinajstić information content (AvgIpc) is 3.00. The van der Waals surface area contributed by atoms with E-state index >= 15 is 0 Å². The standard InChI is InChI=1S/C33H42N4O4/c1-2-15-35(27-11-12-28-26(24-27)9-6-10-29(28)38)21-18-34-19-22-37(23-20-34)33(41)31-32(40)30(39)14-17-36(31)16-13-25-7-4-3-5-8-25/h3-10,14,17,27,38,40H,2,11-13,15-16,18-24H2,1H3/t27-/m0/s1. The van der Waals surface area contributed by atoms with E-state index in [1.807, 2.05) is 36.4 Å². The summed E-state index contributed by atoms with van der Waals surface area (Å²) in [7, 11) is 0. The number of amides is 1. The molecule has 41 heavy (non-hydrogen) atoms. The first-order valence-corrected chi connectivity index (χ1v) is 15.0. The molecule has 8 heteroatoms. The molecule has 3 aromatic rings. The third-order valence-electron chi connectivity index (χ3n) is 8.66. The van der Waals surface area contributed by atoms with E-state index in [9.17, 15) is 19.8 Å². The first kappa shape index (κ1) is 28.9. The lowest BCUT2D eigenvalue weighted by molar-refractivity contribution is 0.0594. The topological polar surface area (TPSA) is 89.3 Å². The Labute approximate surface area is 242 Å². The molecule has 1 aliphatic heterocycles. The number of rotatable bonds is 10. The Bertz CT molecular complexity index is 1380. The van der Waals surface area contributed by atoms with Crippen molar-refractivity contribution in [3.63, 3.8) is 0 Å². The number of phenols is 1. The normalized spacial score (nSPS) is 17.5. The highest BCUT2D eigenvalue weighted by Crippen LogP contribution is 2.30. The summed E-state index contributed by atoms with van der Waals surface area (Å²) in [4.78, 5) is 32.6. The number of carbonyl (C=O) groups excluding carboxylic acids is 1. The zero-order valence-corrected chi connectivity index (χ0v) is 24.0. The van der Waals surface area contributed by atoms with E-state index < -0.39 is 11.2 Å². The Kier molecular flexibility index (Phi) is 9.42. The fourth-order valence-electron chi connectivity index (χ4n) is 6.31. The van der Waals surface area contributed by atoms with Crippen molar-refractivity contribution in [2.24, 2.45) is 0 Å². The first-order valence-electron chi connectivity index (χ1n) is 15.0. The smallest absolute Gasteiger partial charge is 0.274 e. The maximum absolute atomic E-state index is 13.6. The van der Waals surface area contributed by atoms with Crippen LogP contribution in [0.5, 0.6) is 11.5 Å². The van der Waals surface area contributed by atoms with Crippen molar-refractivity contribution in [1.29, 1.82) is 0 Å². The molecule has 0 saturated carbocycles. The highest BCUT2D eigenvalue weighted by molar-refractivity contribution is 5.95. The van der Waals surface area contributed by atoms with Gasteiger partial charge in [0.2, 0.25) is 5.43 Å². The number of carbonyl (C=O) groups is 1. The molecule has 2 aromatic carbocycles. The third-order valence-corrected chi connectivity index (χ3v) is 8.66. The fraction of sp³-hybridized carbons (Fsp3) is 0.455. The summed E-state index contributed by atoms with van der Waals surface area (Å²) in [5, 5.41) is 20.8. The molecule has 1 fully saturated rings. The maximum Gasteiger partial charge on any atom is 0.274 e. The molecule has 8 nitrogen and oxygen atoms in total. The van der Waals surface area contributed by atoms with E-state index in [0.717, 1.165) is 69.5 Å². The van der Waals surface area contributed by atoms with Gasteiger partial charge in [-0.2, -0.15) is 0 Å². The van der Waals surface area contributed by atoms with Crippen molar-refractivity contribution in [3.8, 4) is 11.5 Å². The van der Waals surface area contributed by atoms with Gasteiger partial charge in [0.1, 0.15) is 5.75 Å². The molecule has 1 saturated heterocycles. The van der Waals surface area contributed by atoms with Gasteiger partial charge in [-0.25, -0.2) is 0 Å². The molecule has 0 unspecified atom stereocenters. The summed E-state index contributed by atoms with van der Waals surface area (Å²) in [5.41, 5.74) is 3.06. The van der Waals surface area contributed by atoms with Crippen molar-refractivity contribution in [3.05, 3.63) is 93.4 Å². The summed E-state index contributed by atoms with van der Waals surface area (Å²) in [6.07, 6.45) is 6.34. The summed E-state index contributed by atoms with van der Waals surface area (Å²) in [6, 6.07) is 17.7. The van der Waals surface area contributed by atoms with Gasteiger partial charge in [-0.05, 0) is 61.4 Å². The van der Waals surface area contributed by atoms with E-state index in [2.05, 4.69) is 22.8 Å². The van der Waals surface area contributed by atoms with E-state index in [-0.39, 0.29) is 11.6 Å². The van der Waals surface area contributed by atoms with E-state index in [1.54, 1.807) is 21.7 Å². The summed E-state index contributed by atoms with van der Waals surface area (Å²) < 4.78 is 1.71. The SMILES string of the molecule is CCCN(CCN1CCN(C(=O)c2c(O)c(=O)ccn2CCc2ccccc2)CC1)[C@H]1CCc2c(O)cccc2C1. The Morgan fingerprint density at radius 1 is 0.951 bits per heavy atom. The largest absolute Gasteiger partial charge is 0.508 e. The highest BCUT2D eigenvalue weighted by atomic mass is 16.3. The molecule has 1 amide bonds. The highest BCUT2D eigenvalue weighted by Gasteiger charge is 2.29. The zero-order valence-electron chi connectivity index (χ0n) is 24.0. The van der Waals surface area contributed by atoms with Gasteiger partial charge >= 0.3 is 0 Å². The second-order valence-corrected chi connectivity index (χ2v) is 11.3. The number of hydrogen-bond donors (Lipinski definition) is 2. The maximum atomic E-state index is 13.6. The molecule has 1 aromatic heterocycles. The van der Waals surface area contributed by atoms with E-state index in [0.29, 0.717) is 37.8 Å².